The molecule has 0 saturated carbocycles. The number of halogens is 1. The second-order valence-electron chi connectivity index (χ2n) is 4.15. The Labute approximate surface area is 109 Å². The molecule has 0 bridgehead atoms. The maximum atomic E-state index is 12.2. The molecule has 0 aromatic heterocycles. The van der Waals surface area contributed by atoms with Gasteiger partial charge in [-0.15, -0.1) is 0 Å². The highest BCUT2D eigenvalue weighted by molar-refractivity contribution is 9.10. The topological polar surface area (TPSA) is 57.6 Å². The lowest BCUT2D eigenvalue weighted by molar-refractivity contribution is 0.233. The number of hydrogen-bond acceptors (Lipinski definition) is 3. The minimum Gasteiger partial charge on any atom is -0.396 e. The molecule has 1 heterocycles. The summed E-state index contributed by atoms with van der Waals surface area (Å²) < 4.78 is 26.8. The standard InChI is InChI=1S/C11H14BrNO3S/c12-10-1-3-11(4-2-10)17(15,16)13-6-5-9(7-13)8-14/h1-4,9,14H,5-8H2. The van der Waals surface area contributed by atoms with E-state index in [-0.39, 0.29) is 12.5 Å². The Hall–Kier alpha value is -0.430. The van der Waals surface area contributed by atoms with Crippen molar-refractivity contribution in [2.24, 2.45) is 5.92 Å². The van der Waals surface area contributed by atoms with Gasteiger partial charge >= 0.3 is 0 Å². The summed E-state index contributed by atoms with van der Waals surface area (Å²) in [5.74, 6) is 0.0697. The van der Waals surface area contributed by atoms with Crippen molar-refractivity contribution >= 4 is 26.0 Å². The predicted octanol–water partition coefficient (Wildman–Crippen LogP) is 1.45. The molecular weight excluding hydrogens is 306 g/mol. The molecule has 0 amide bonds. The molecule has 1 atom stereocenters. The summed E-state index contributed by atoms with van der Waals surface area (Å²) in [6, 6.07) is 6.61. The monoisotopic (exact) mass is 319 g/mol. The maximum Gasteiger partial charge on any atom is 0.243 e. The van der Waals surface area contributed by atoms with Crippen molar-refractivity contribution in [3.63, 3.8) is 0 Å². The Morgan fingerprint density at radius 2 is 2.00 bits per heavy atom. The Morgan fingerprint density at radius 1 is 1.35 bits per heavy atom. The van der Waals surface area contributed by atoms with Crippen LogP contribution in [-0.2, 0) is 10.0 Å². The molecule has 17 heavy (non-hydrogen) atoms. The smallest absolute Gasteiger partial charge is 0.243 e. The third-order valence-corrected chi connectivity index (χ3v) is 5.37. The fourth-order valence-electron chi connectivity index (χ4n) is 1.92. The summed E-state index contributed by atoms with van der Waals surface area (Å²) in [5, 5.41) is 9.03. The lowest BCUT2D eigenvalue weighted by Crippen LogP contribution is -2.29. The molecule has 0 spiro atoms. The molecule has 1 N–H and O–H groups in total. The highest BCUT2D eigenvalue weighted by atomic mass is 79.9. The van der Waals surface area contributed by atoms with Gasteiger partial charge in [0.15, 0.2) is 0 Å². The van der Waals surface area contributed by atoms with Gasteiger partial charge in [-0.3, -0.25) is 0 Å². The van der Waals surface area contributed by atoms with Gasteiger partial charge in [0.05, 0.1) is 4.90 Å². The van der Waals surface area contributed by atoms with E-state index in [1.807, 2.05) is 0 Å². The lowest BCUT2D eigenvalue weighted by atomic mass is 10.1. The zero-order chi connectivity index (χ0) is 12.5. The van der Waals surface area contributed by atoms with Gasteiger partial charge in [0.1, 0.15) is 0 Å². The number of hydrogen-bond donors (Lipinski definition) is 1. The molecule has 0 radical (unpaired) electrons. The van der Waals surface area contributed by atoms with Crippen molar-refractivity contribution in [1.29, 1.82) is 0 Å². The van der Waals surface area contributed by atoms with Crippen LogP contribution in [0.3, 0.4) is 0 Å². The van der Waals surface area contributed by atoms with Gasteiger partial charge in [0, 0.05) is 24.2 Å². The molecule has 1 aliphatic heterocycles. The molecule has 1 unspecified atom stereocenters. The summed E-state index contributed by atoms with van der Waals surface area (Å²) in [7, 11) is -3.40. The van der Waals surface area contributed by atoms with Gasteiger partial charge in [-0.05, 0) is 36.6 Å². The lowest BCUT2D eigenvalue weighted by Gasteiger charge is -2.16. The predicted molar refractivity (Wildman–Crippen MR) is 68.1 cm³/mol. The highest BCUT2D eigenvalue weighted by Gasteiger charge is 2.31. The zero-order valence-electron chi connectivity index (χ0n) is 9.21. The van der Waals surface area contributed by atoms with Crippen molar-refractivity contribution in [3.05, 3.63) is 28.7 Å². The van der Waals surface area contributed by atoms with Crippen LogP contribution in [0, 0.1) is 5.92 Å². The zero-order valence-corrected chi connectivity index (χ0v) is 11.6. The molecule has 1 fully saturated rings. The van der Waals surface area contributed by atoms with Gasteiger partial charge in [0.2, 0.25) is 10.0 Å². The molecule has 6 heteroatoms. The third-order valence-electron chi connectivity index (χ3n) is 2.96. The normalized spacial score (nSPS) is 21.9. The molecule has 1 saturated heterocycles. The number of nitrogens with zero attached hydrogens (tertiary/aromatic N) is 1. The molecule has 1 aromatic carbocycles. The van der Waals surface area contributed by atoms with E-state index in [1.54, 1.807) is 24.3 Å². The second kappa shape index (κ2) is 5.06. The van der Waals surface area contributed by atoms with Gasteiger partial charge in [-0.25, -0.2) is 8.42 Å². The number of sulfonamides is 1. The van der Waals surface area contributed by atoms with E-state index >= 15 is 0 Å². The van der Waals surface area contributed by atoms with E-state index in [0.29, 0.717) is 18.0 Å². The second-order valence-corrected chi connectivity index (χ2v) is 7.01. The minimum atomic E-state index is -3.40. The number of rotatable bonds is 3. The molecule has 94 valence electrons. The van der Waals surface area contributed by atoms with Crippen LogP contribution in [0.15, 0.2) is 33.6 Å². The maximum absolute atomic E-state index is 12.2. The van der Waals surface area contributed by atoms with Crippen LogP contribution in [0.5, 0.6) is 0 Å². The number of aliphatic hydroxyl groups excluding tert-OH is 1. The molecule has 0 aliphatic carbocycles. The van der Waals surface area contributed by atoms with E-state index in [9.17, 15) is 8.42 Å². The van der Waals surface area contributed by atoms with Crippen molar-refractivity contribution in [2.45, 2.75) is 11.3 Å². The Balaban J connectivity index is 2.22. The Morgan fingerprint density at radius 3 is 2.53 bits per heavy atom. The van der Waals surface area contributed by atoms with Crippen molar-refractivity contribution in [2.75, 3.05) is 19.7 Å². The van der Waals surface area contributed by atoms with E-state index in [1.165, 1.54) is 4.31 Å². The van der Waals surface area contributed by atoms with Gasteiger partial charge < -0.3 is 5.11 Å². The van der Waals surface area contributed by atoms with Crippen LogP contribution < -0.4 is 0 Å². The van der Waals surface area contributed by atoms with Crippen LogP contribution >= 0.6 is 15.9 Å². The van der Waals surface area contributed by atoms with Crippen molar-refractivity contribution in [1.82, 2.24) is 4.31 Å². The van der Waals surface area contributed by atoms with Gasteiger partial charge in [-0.1, -0.05) is 15.9 Å². The van der Waals surface area contributed by atoms with Crippen molar-refractivity contribution < 1.29 is 13.5 Å². The van der Waals surface area contributed by atoms with E-state index in [4.69, 9.17) is 5.11 Å². The average Bonchev–Trinajstić information content (AvgIpc) is 2.78. The summed E-state index contributed by atoms with van der Waals surface area (Å²) in [6.07, 6.45) is 0.728. The summed E-state index contributed by atoms with van der Waals surface area (Å²) in [6.45, 7) is 0.949. The van der Waals surface area contributed by atoms with Crippen molar-refractivity contribution in [3.8, 4) is 0 Å². The van der Waals surface area contributed by atoms with Crippen LogP contribution in [0.1, 0.15) is 6.42 Å². The van der Waals surface area contributed by atoms with Gasteiger partial charge in [-0.2, -0.15) is 4.31 Å². The van der Waals surface area contributed by atoms with E-state index in [0.717, 1.165) is 10.9 Å². The molecule has 1 aliphatic rings. The quantitative estimate of drug-likeness (QED) is 0.917. The average molecular weight is 320 g/mol. The summed E-state index contributed by atoms with van der Waals surface area (Å²) in [4.78, 5) is 0.305. The SMILES string of the molecule is O=S(=O)(c1ccc(Br)cc1)N1CCC(CO)C1. The molecular formula is C11H14BrNO3S. The highest BCUT2D eigenvalue weighted by Crippen LogP contribution is 2.24. The fraction of sp³-hybridized carbons (Fsp3) is 0.455. The summed E-state index contributed by atoms with van der Waals surface area (Å²) in [5.41, 5.74) is 0. The molecule has 2 rings (SSSR count). The molecule has 1 aromatic rings. The Bertz CT molecular complexity index is 486. The first-order valence-corrected chi connectivity index (χ1v) is 7.64. The number of benzene rings is 1. The first-order valence-electron chi connectivity index (χ1n) is 5.40. The summed E-state index contributed by atoms with van der Waals surface area (Å²) >= 11 is 3.27. The first kappa shape index (κ1) is 13.0. The first-order chi connectivity index (χ1) is 8.04. The molecule has 4 nitrogen and oxygen atoms in total. The van der Waals surface area contributed by atoms with E-state index in [2.05, 4.69) is 15.9 Å². The number of aliphatic hydroxyl groups is 1. The minimum absolute atomic E-state index is 0.0480. The van der Waals surface area contributed by atoms with Crippen LogP contribution in [-0.4, -0.2) is 37.5 Å². The third kappa shape index (κ3) is 2.70. The van der Waals surface area contributed by atoms with E-state index < -0.39 is 10.0 Å². The largest absolute Gasteiger partial charge is 0.396 e. The van der Waals surface area contributed by atoms with Crippen LogP contribution in [0.2, 0.25) is 0 Å². The van der Waals surface area contributed by atoms with Crippen LogP contribution in [0.4, 0.5) is 0 Å². The Kier molecular flexibility index (Phi) is 3.87. The fourth-order valence-corrected chi connectivity index (χ4v) is 3.72. The van der Waals surface area contributed by atoms with Gasteiger partial charge in [0.25, 0.3) is 0 Å². The van der Waals surface area contributed by atoms with Crippen LogP contribution in [0.25, 0.3) is 0 Å².